The van der Waals surface area contributed by atoms with Crippen LogP contribution in [0.4, 0.5) is 5.69 Å². The summed E-state index contributed by atoms with van der Waals surface area (Å²) in [6.45, 7) is 0.0767. The molecule has 0 spiro atoms. The number of primary sulfonamides is 1. The zero-order chi connectivity index (χ0) is 21.7. The van der Waals surface area contributed by atoms with E-state index in [4.69, 9.17) is 14.6 Å². The molecule has 0 aliphatic carbocycles. The Kier molecular flexibility index (Phi) is 6.56. The molecule has 1 unspecified atom stereocenters. The number of methoxy groups -OCH3 is 1. The van der Waals surface area contributed by atoms with E-state index >= 15 is 0 Å². The van der Waals surface area contributed by atoms with E-state index in [2.05, 4.69) is 5.32 Å². The summed E-state index contributed by atoms with van der Waals surface area (Å²) in [5.41, 5.74) is 0.296. The van der Waals surface area contributed by atoms with E-state index in [1.807, 2.05) is 42.5 Å². The van der Waals surface area contributed by atoms with Crippen LogP contribution >= 0.6 is 0 Å². The maximum atomic E-state index is 12.0. The molecular weight excluding hydrogens is 408 g/mol. The molecule has 4 N–H and O–H groups in total. The molecule has 0 amide bonds. The molecule has 0 aliphatic rings. The van der Waals surface area contributed by atoms with Gasteiger partial charge in [0.25, 0.3) is 0 Å². The van der Waals surface area contributed by atoms with Gasteiger partial charge in [0.2, 0.25) is 10.0 Å². The molecule has 9 heteroatoms. The van der Waals surface area contributed by atoms with Gasteiger partial charge in [-0.3, -0.25) is 0 Å². The van der Waals surface area contributed by atoms with Gasteiger partial charge in [0.15, 0.2) is 0 Å². The number of carbonyl (C=O) groups is 1. The minimum Gasteiger partial charge on any atom is -0.490 e. The fraction of sp³-hybridized carbons (Fsp3) is 0.190. The lowest BCUT2D eigenvalue weighted by atomic mass is 10.1. The summed E-state index contributed by atoms with van der Waals surface area (Å²) in [6, 6.07) is 17.2. The smallest absolute Gasteiger partial charge is 0.340 e. The molecule has 8 nitrogen and oxygen atoms in total. The van der Waals surface area contributed by atoms with Crippen LogP contribution in [0.1, 0.15) is 10.4 Å². The van der Waals surface area contributed by atoms with Gasteiger partial charge < -0.3 is 19.9 Å². The molecule has 0 aliphatic heterocycles. The number of rotatable bonds is 8. The summed E-state index contributed by atoms with van der Waals surface area (Å²) in [5.74, 6) is -0.0793. The molecule has 0 saturated heterocycles. The molecule has 0 aromatic heterocycles. The third kappa shape index (κ3) is 5.07. The maximum Gasteiger partial charge on any atom is 0.340 e. The van der Waals surface area contributed by atoms with Gasteiger partial charge in [-0.2, -0.15) is 0 Å². The van der Waals surface area contributed by atoms with Crippen molar-refractivity contribution in [3.63, 3.8) is 0 Å². The highest BCUT2D eigenvalue weighted by atomic mass is 32.2. The Balaban J connectivity index is 1.68. The molecule has 3 aromatic carbocycles. The van der Waals surface area contributed by atoms with Crippen molar-refractivity contribution in [1.82, 2.24) is 0 Å². The Labute approximate surface area is 174 Å². The van der Waals surface area contributed by atoms with Crippen molar-refractivity contribution in [2.24, 2.45) is 5.14 Å². The molecule has 30 heavy (non-hydrogen) atoms. The molecule has 0 radical (unpaired) electrons. The number of benzene rings is 3. The third-order valence-electron chi connectivity index (χ3n) is 4.43. The van der Waals surface area contributed by atoms with Gasteiger partial charge in [-0.1, -0.05) is 36.4 Å². The zero-order valence-electron chi connectivity index (χ0n) is 16.2. The normalized spacial score (nSPS) is 12.4. The Morgan fingerprint density at radius 1 is 1.13 bits per heavy atom. The monoisotopic (exact) mass is 430 g/mol. The standard InChI is InChI=1S/C21H22N2O6S/c1-28-21(25)18-11-16(30(22,26)27)9-10-19(18)23-12-15(24)13-29-20-8-4-6-14-5-2-3-7-17(14)20/h2-11,15,23-24H,12-13H2,1H3,(H2,22,26,27). The lowest BCUT2D eigenvalue weighted by Gasteiger charge is -2.17. The Hall–Kier alpha value is -3.14. The largest absolute Gasteiger partial charge is 0.490 e. The number of aliphatic hydroxyl groups excluding tert-OH is 1. The molecule has 3 rings (SSSR count). The van der Waals surface area contributed by atoms with Crippen LogP contribution in [0.2, 0.25) is 0 Å². The van der Waals surface area contributed by atoms with Gasteiger partial charge in [-0.25, -0.2) is 18.4 Å². The molecule has 0 saturated carbocycles. The highest BCUT2D eigenvalue weighted by Crippen LogP contribution is 2.25. The average Bonchev–Trinajstić information content (AvgIpc) is 2.74. The van der Waals surface area contributed by atoms with Crippen LogP contribution in [-0.2, 0) is 14.8 Å². The number of carbonyl (C=O) groups excluding carboxylic acids is 1. The molecule has 1 atom stereocenters. The number of hydrogen-bond acceptors (Lipinski definition) is 7. The molecular formula is C21H22N2O6S. The highest BCUT2D eigenvalue weighted by molar-refractivity contribution is 7.89. The predicted molar refractivity (Wildman–Crippen MR) is 113 cm³/mol. The third-order valence-corrected chi connectivity index (χ3v) is 5.34. The van der Waals surface area contributed by atoms with Gasteiger partial charge >= 0.3 is 5.97 Å². The van der Waals surface area contributed by atoms with Gasteiger partial charge in [-0.15, -0.1) is 0 Å². The first-order valence-electron chi connectivity index (χ1n) is 9.07. The van der Waals surface area contributed by atoms with Crippen LogP contribution in [0, 0.1) is 0 Å². The first-order chi connectivity index (χ1) is 14.3. The maximum absolute atomic E-state index is 12.0. The minimum atomic E-state index is -3.98. The summed E-state index contributed by atoms with van der Waals surface area (Å²) < 4.78 is 33.5. The van der Waals surface area contributed by atoms with E-state index < -0.39 is 22.1 Å². The number of sulfonamides is 1. The van der Waals surface area contributed by atoms with Gasteiger partial charge in [-0.05, 0) is 29.7 Å². The zero-order valence-corrected chi connectivity index (χ0v) is 17.1. The SMILES string of the molecule is COC(=O)c1cc(S(N)(=O)=O)ccc1NCC(O)COc1cccc2ccccc12. The number of hydrogen-bond donors (Lipinski definition) is 3. The van der Waals surface area contributed by atoms with Crippen LogP contribution in [0.25, 0.3) is 10.8 Å². The van der Waals surface area contributed by atoms with E-state index in [0.29, 0.717) is 11.4 Å². The van der Waals surface area contributed by atoms with Crippen LogP contribution in [-0.4, -0.2) is 45.9 Å². The fourth-order valence-electron chi connectivity index (χ4n) is 2.93. The van der Waals surface area contributed by atoms with Gasteiger partial charge in [0.1, 0.15) is 18.5 Å². The lowest BCUT2D eigenvalue weighted by Crippen LogP contribution is -2.27. The number of fused-ring (bicyclic) bond motifs is 1. The molecule has 0 fully saturated rings. The topological polar surface area (TPSA) is 128 Å². The first kappa shape index (κ1) is 21.6. The second-order valence-corrected chi connectivity index (χ2v) is 8.13. The van der Waals surface area contributed by atoms with Crippen molar-refractivity contribution in [3.8, 4) is 5.75 Å². The fourth-order valence-corrected chi connectivity index (χ4v) is 3.47. The van der Waals surface area contributed by atoms with Crippen molar-refractivity contribution in [2.75, 3.05) is 25.6 Å². The Morgan fingerprint density at radius 2 is 1.87 bits per heavy atom. The average molecular weight is 430 g/mol. The Morgan fingerprint density at radius 3 is 2.60 bits per heavy atom. The lowest BCUT2D eigenvalue weighted by molar-refractivity contribution is 0.0601. The van der Waals surface area contributed by atoms with Crippen molar-refractivity contribution in [3.05, 3.63) is 66.2 Å². The molecule has 0 bridgehead atoms. The van der Waals surface area contributed by atoms with E-state index in [0.717, 1.165) is 16.8 Å². The van der Waals surface area contributed by atoms with E-state index in [-0.39, 0.29) is 23.6 Å². The molecule has 3 aromatic rings. The first-order valence-corrected chi connectivity index (χ1v) is 10.6. The molecule has 0 heterocycles. The van der Waals surface area contributed by atoms with Crippen molar-refractivity contribution in [1.29, 1.82) is 0 Å². The summed E-state index contributed by atoms with van der Waals surface area (Å²) in [6.07, 6.45) is -0.896. The predicted octanol–water partition coefficient (Wildman–Crippen LogP) is 2.13. The van der Waals surface area contributed by atoms with Crippen molar-refractivity contribution in [2.45, 2.75) is 11.0 Å². The van der Waals surface area contributed by atoms with Crippen molar-refractivity contribution < 1.29 is 27.8 Å². The number of nitrogens with two attached hydrogens (primary N) is 1. The van der Waals surface area contributed by atoms with E-state index in [9.17, 15) is 18.3 Å². The summed E-state index contributed by atoms with van der Waals surface area (Å²) in [4.78, 5) is 11.8. The Bertz CT molecular complexity index is 1160. The van der Waals surface area contributed by atoms with E-state index in [1.165, 1.54) is 19.2 Å². The number of aliphatic hydroxyl groups is 1. The summed E-state index contributed by atoms with van der Waals surface area (Å²) in [7, 11) is -2.79. The van der Waals surface area contributed by atoms with Gasteiger partial charge in [0.05, 0.1) is 17.6 Å². The quantitative estimate of drug-likeness (QED) is 0.467. The van der Waals surface area contributed by atoms with Gasteiger partial charge in [0, 0.05) is 17.6 Å². The number of anilines is 1. The second-order valence-electron chi connectivity index (χ2n) is 6.57. The summed E-state index contributed by atoms with van der Waals surface area (Å²) in [5, 5.41) is 20.3. The minimum absolute atomic E-state index is 0.00815. The van der Waals surface area contributed by atoms with Crippen LogP contribution in [0.5, 0.6) is 5.75 Å². The highest BCUT2D eigenvalue weighted by Gasteiger charge is 2.18. The summed E-state index contributed by atoms with van der Waals surface area (Å²) >= 11 is 0. The molecule has 158 valence electrons. The number of esters is 1. The number of nitrogens with one attached hydrogen (secondary N) is 1. The van der Waals surface area contributed by atoms with E-state index in [1.54, 1.807) is 0 Å². The van der Waals surface area contributed by atoms with Crippen LogP contribution < -0.4 is 15.2 Å². The second kappa shape index (κ2) is 9.12. The van der Waals surface area contributed by atoms with Crippen LogP contribution in [0.15, 0.2) is 65.6 Å². The van der Waals surface area contributed by atoms with Crippen molar-refractivity contribution >= 4 is 32.5 Å². The van der Waals surface area contributed by atoms with Crippen LogP contribution in [0.3, 0.4) is 0 Å². The number of ether oxygens (including phenoxy) is 2.